The minimum absolute atomic E-state index is 0.103. The fourth-order valence-corrected chi connectivity index (χ4v) is 3.80. The van der Waals surface area contributed by atoms with E-state index in [4.69, 9.17) is 21.1 Å². The number of nitrogens with zero attached hydrogens (tertiary/aromatic N) is 1. The number of hydrogen-bond donors (Lipinski definition) is 3. The lowest BCUT2D eigenvalue weighted by Crippen LogP contribution is -2.48. The lowest BCUT2D eigenvalue weighted by Gasteiger charge is -2.35. The number of esters is 1. The molecule has 1 aliphatic heterocycles. The summed E-state index contributed by atoms with van der Waals surface area (Å²) in [5.74, 6) is -0.518. The van der Waals surface area contributed by atoms with Crippen LogP contribution in [0.4, 0.5) is 21.0 Å². The normalized spacial score (nSPS) is 15.5. The highest BCUT2D eigenvalue weighted by Crippen LogP contribution is 2.32. The predicted molar refractivity (Wildman–Crippen MR) is 134 cm³/mol. The van der Waals surface area contributed by atoms with Crippen LogP contribution in [-0.2, 0) is 14.3 Å². The first-order valence-electron chi connectivity index (χ1n) is 11.2. The van der Waals surface area contributed by atoms with Crippen molar-refractivity contribution in [2.24, 2.45) is 0 Å². The molecule has 0 aliphatic carbocycles. The number of ether oxygens (including phenoxy) is 2. The van der Waals surface area contributed by atoms with Crippen molar-refractivity contribution in [3.05, 3.63) is 70.4 Å². The predicted octanol–water partition coefficient (Wildman–Crippen LogP) is 4.92. The molecule has 3 rings (SSSR count). The molecule has 1 atom stereocenters. The van der Waals surface area contributed by atoms with E-state index in [1.807, 2.05) is 6.92 Å². The molecule has 186 valence electrons. The summed E-state index contributed by atoms with van der Waals surface area (Å²) < 4.78 is 10.3. The largest absolute Gasteiger partial charge is 0.460 e. The molecule has 4 amide bonds. The summed E-state index contributed by atoms with van der Waals surface area (Å²) in [5, 5.41) is 8.95. The van der Waals surface area contributed by atoms with E-state index in [1.54, 1.807) is 60.4 Å². The van der Waals surface area contributed by atoms with Crippen LogP contribution in [-0.4, -0.2) is 49.8 Å². The van der Waals surface area contributed by atoms with Crippen LogP contribution in [0.15, 0.2) is 59.8 Å². The molecule has 1 aliphatic rings. The van der Waals surface area contributed by atoms with Gasteiger partial charge in [-0.25, -0.2) is 14.4 Å². The molecule has 0 fully saturated rings. The third-order valence-corrected chi connectivity index (χ3v) is 5.64. The molecule has 0 aromatic heterocycles. The van der Waals surface area contributed by atoms with E-state index in [9.17, 15) is 14.4 Å². The summed E-state index contributed by atoms with van der Waals surface area (Å²) in [5.41, 5.74) is 2.72. The highest BCUT2D eigenvalue weighted by molar-refractivity contribution is 6.30. The van der Waals surface area contributed by atoms with E-state index < -0.39 is 18.0 Å². The van der Waals surface area contributed by atoms with Gasteiger partial charge in [-0.1, -0.05) is 30.7 Å². The van der Waals surface area contributed by atoms with Crippen molar-refractivity contribution in [1.82, 2.24) is 10.2 Å². The Bertz CT molecular complexity index is 1090. The number of benzene rings is 2. The van der Waals surface area contributed by atoms with Crippen LogP contribution in [0.2, 0.25) is 5.02 Å². The third-order valence-electron chi connectivity index (χ3n) is 5.39. The average Bonchev–Trinajstić information content (AvgIpc) is 2.83. The van der Waals surface area contributed by atoms with E-state index in [2.05, 4.69) is 16.0 Å². The van der Waals surface area contributed by atoms with Gasteiger partial charge < -0.3 is 25.4 Å². The van der Waals surface area contributed by atoms with Gasteiger partial charge >= 0.3 is 18.0 Å². The second-order valence-corrected chi connectivity index (χ2v) is 8.31. The van der Waals surface area contributed by atoms with E-state index in [0.717, 1.165) is 6.42 Å². The highest BCUT2D eigenvalue weighted by atomic mass is 35.5. The first-order chi connectivity index (χ1) is 16.8. The molecule has 0 spiro atoms. The van der Waals surface area contributed by atoms with E-state index >= 15 is 0 Å². The van der Waals surface area contributed by atoms with Crippen LogP contribution in [0.3, 0.4) is 0 Å². The fourth-order valence-electron chi connectivity index (χ4n) is 3.67. The number of halogens is 1. The standard InChI is InChI=1S/C25H29ClN4O5/c1-4-13-30-16(2)21(23(31)35-15-14-34-3)22(29-25(30)33)17-5-9-19(10-6-17)27-24(32)28-20-11-7-18(26)8-12-20/h5-12,22H,4,13-15H2,1-3H3,(H,29,33)(H2,27,28,32). The molecule has 0 saturated heterocycles. The molecule has 0 bridgehead atoms. The van der Waals surface area contributed by atoms with Gasteiger partial charge in [0, 0.05) is 35.7 Å². The number of amides is 4. The van der Waals surface area contributed by atoms with Crippen LogP contribution >= 0.6 is 11.6 Å². The molecule has 2 aromatic rings. The number of anilines is 2. The Morgan fingerprint density at radius 3 is 2.20 bits per heavy atom. The van der Waals surface area contributed by atoms with Crippen molar-refractivity contribution in [2.45, 2.75) is 26.3 Å². The first-order valence-corrected chi connectivity index (χ1v) is 11.6. The number of urea groups is 2. The monoisotopic (exact) mass is 500 g/mol. The van der Waals surface area contributed by atoms with Crippen molar-refractivity contribution in [2.75, 3.05) is 37.5 Å². The van der Waals surface area contributed by atoms with Crippen molar-refractivity contribution in [3.63, 3.8) is 0 Å². The van der Waals surface area contributed by atoms with Gasteiger partial charge in [-0.3, -0.25) is 4.90 Å². The summed E-state index contributed by atoms with van der Waals surface area (Å²) in [7, 11) is 1.52. The Labute approximate surface area is 209 Å². The number of hydrogen-bond acceptors (Lipinski definition) is 5. The summed E-state index contributed by atoms with van der Waals surface area (Å²) in [6.45, 7) is 4.55. The number of methoxy groups -OCH3 is 1. The maximum Gasteiger partial charge on any atom is 0.338 e. The molecule has 35 heavy (non-hydrogen) atoms. The summed E-state index contributed by atoms with van der Waals surface area (Å²) >= 11 is 5.87. The van der Waals surface area contributed by atoms with Crippen LogP contribution in [0.5, 0.6) is 0 Å². The van der Waals surface area contributed by atoms with Crippen molar-refractivity contribution in [3.8, 4) is 0 Å². The number of carbonyl (C=O) groups is 3. The van der Waals surface area contributed by atoms with Crippen molar-refractivity contribution in [1.29, 1.82) is 0 Å². The minimum atomic E-state index is -0.692. The molecule has 1 heterocycles. The Kier molecular flexibility index (Phi) is 9.11. The zero-order chi connectivity index (χ0) is 25.4. The second-order valence-electron chi connectivity index (χ2n) is 7.87. The van der Waals surface area contributed by atoms with Gasteiger partial charge in [0.05, 0.1) is 18.2 Å². The molecule has 9 nitrogen and oxygen atoms in total. The van der Waals surface area contributed by atoms with Crippen molar-refractivity contribution >= 4 is 41.0 Å². The molecule has 2 aromatic carbocycles. The SMILES string of the molecule is CCCN1C(=O)NC(c2ccc(NC(=O)Nc3ccc(Cl)cc3)cc2)C(C(=O)OCCOC)=C1C. The van der Waals surface area contributed by atoms with Gasteiger partial charge in [-0.15, -0.1) is 0 Å². The average molecular weight is 501 g/mol. The maximum absolute atomic E-state index is 12.9. The van der Waals surface area contributed by atoms with Gasteiger partial charge in [0.25, 0.3) is 0 Å². The van der Waals surface area contributed by atoms with E-state index in [-0.39, 0.29) is 19.2 Å². The zero-order valence-corrected chi connectivity index (χ0v) is 20.6. The third kappa shape index (κ3) is 6.74. The fraction of sp³-hybridized carbons (Fsp3) is 0.320. The Morgan fingerprint density at radius 1 is 1.03 bits per heavy atom. The first kappa shape index (κ1) is 26.1. The lowest BCUT2D eigenvalue weighted by molar-refractivity contribution is -0.140. The smallest absolute Gasteiger partial charge is 0.338 e. The Hall–Kier alpha value is -3.56. The minimum Gasteiger partial charge on any atom is -0.460 e. The zero-order valence-electron chi connectivity index (χ0n) is 19.9. The number of nitrogens with one attached hydrogen (secondary N) is 3. The summed E-state index contributed by atoms with van der Waals surface area (Å²) in [4.78, 5) is 39.5. The Balaban J connectivity index is 1.78. The van der Waals surface area contributed by atoms with Crippen LogP contribution in [0, 0.1) is 0 Å². The second kappa shape index (κ2) is 12.2. The Morgan fingerprint density at radius 2 is 1.63 bits per heavy atom. The molecular formula is C25H29ClN4O5. The van der Waals surface area contributed by atoms with Crippen LogP contribution in [0.25, 0.3) is 0 Å². The van der Waals surface area contributed by atoms with Gasteiger partial charge in [0.2, 0.25) is 0 Å². The van der Waals surface area contributed by atoms with E-state index in [0.29, 0.717) is 39.8 Å². The lowest BCUT2D eigenvalue weighted by atomic mass is 9.94. The molecule has 3 N–H and O–H groups in total. The molecular weight excluding hydrogens is 472 g/mol. The quantitative estimate of drug-likeness (QED) is 0.334. The van der Waals surface area contributed by atoms with Gasteiger partial charge in [0.1, 0.15) is 6.61 Å². The number of allylic oxidation sites excluding steroid dienone is 1. The van der Waals surface area contributed by atoms with Gasteiger partial charge in [-0.05, 0) is 55.3 Å². The molecule has 0 radical (unpaired) electrons. The molecule has 0 saturated carbocycles. The summed E-state index contributed by atoms with van der Waals surface area (Å²) in [6, 6.07) is 12.2. The molecule has 1 unspecified atom stereocenters. The summed E-state index contributed by atoms with van der Waals surface area (Å²) in [6.07, 6.45) is 0.736. The number of rotatable bonds is 9. The topological polar surface area (TPSA) is 109 Å². The van der Waals surface area contributed by atoms with Gasteiger partial charge in [0.15, 0.2) is 0 Å². The van der Waals surface area contributed by atoms with Crippen LogP contribution < -0.4 is 16.0 Å². The van der Waals surface area contributed by atoms with Crippen LogP contribution in [0.1, 0.15) is 31.9 Å². The maximum atomic E-state index is 12.9. The van der Waals surface area contributed by atoms with Gasteiger partial charge in [-0.2, -0.15) is 0 Å². The van der Waals surface area contributed by atoms with Crippen molar-refractivity contribution < 1.29 is 23.9 Å². The molecule has 10 heteroatoms. The number of carbonyl (C=O) groups excluding carboxylic acids is 3. The highest BCUT2D eigenvalue weighted by Gasteiger charge is 2.36. The van der Waals surface area contributed by atoms with E-state index in [1.165, 1.54) is 7.11 Å².